The van der Waals surface area contributed by atoms with Crippen molar-refractivity contribution in [1.82, 2.24) is 5.10 Å². The first-order valence-electron chi connectivity index (χ1n) is 5.08. The molecule has 0 aliphatic rings. The molecule has 0 saturated heterocycles. The standard InChI is InChI=1S/C11H13N2O2P/c1-3-15-16(14)11-8-13(2)12-10-7-5-4-6-9(10)11/h4-8H,3H2,1-2H3. The van der Waals surface area contributed by atoms with E-state index in [1.807, 2.05) is 38.2 Å². The van der Waals surface area contributed by atoms with Crippen LogP contribution in [0.15, 0.2) is 30.5 Å². The third-order valence-corrected chi connectivity index (χ3v) is 3.44. The first kappa shape index (κ1) is 11.4. The van der Waals surface area contributed by atoms with Gasteiger partial charge in [-0.2, -0.15) is 0 Å². The van der Waals surface area contributed by atoms with Crippen molar-refractivity contribution in [3.05, 3.63) is 30.5 Å². The van der Waals surface area contributed by atoms with Gasteiger partial charge in [-0.15, -0.1) is 0 Å². The smallest absolute Gasteiger partial charge is 0.205 e. The van der Waals surface area contributed by atoms with E-state index in [1.54, 1.807) is 10.9 Å². The van der Waals surface area contributed by atoms with Gasteiger partial charge in [-0.3, -0.25) is 0 Å². The molecule has 1 unspecified atom stereocenters. The molecule has 0 bridgehead atoms. The number of hydrogen-bond acceptors (Lipinski definition) is 3. The summed E-state index contributed by atoms with van der Waals surface area (Å²) < 4.78 is 6.82. The predicted molar refractivity (Wildman–Crippen MR) is 61.1 cm³/mol. The van der Waals surface area contributed by atoms with Crippen LogP contribution in [-0.4, -0.2) is 11.7 Å². The maximum Gasteiger partial charge on any atom is 0.205 e. The Bertz CT molecular complexity index is 504. The molecule has 0 spiro atoms. The lowest BCUT2D eigenvalue weighted by atomic mass is 10.2. The highest BCUT2D eigenvalue weighted by Crippen LogP contribution is 2.27. The van der Waals surface area contributed by atoms with Crippen molar-refractivity contribution in [1.29, 1.82) is 0 Å². The number of rotatable bonds is 3. The Morgan fingerprint density at radius 2 is 2.19 bits per heavy atom. The lowest BCUT2D eigenvalue weighted by molar-refractivity contribution is -0.727. The molecule has 0 fully saturated rings. The van der Waals surface area contributed by atoms with E-state index >= 15 is 0 Å². The van der Waals surface area contributed by atoms with Crippen LogP contribution < -0.4 is 14.9 Å². The minimum atomic E-state index is -1.80. The van der Waals surface area contributed by atoms with Crippen LogP contribution in [0.2, 0.25) is 0 Å². The molecule has 84 valence electrons. The second kappa shape index (κ2) is 4.83. The molecule has 1 atom stereocenters. The summed E-state index contributed by atoms with van der Waals surface area (Å²) in [7, 11) is 0.00797. The van der Waals surface area contributed by atoms with Gasteiger partial charge in [-0.25, -0.2) is 0 Å². The van der Waals surface area contributed by atoms with Gasteiger partial charge in [-0.05, 0) is 26.5 Å². The predicted octanol–water partition coefficient (Wildman–Crippen LogP) is 0.393. The second-order valence-electron chi connectivity index (χ2n) is 3.38. The van der Waals surface area contributed by atoms with Crippen LogP contribution in [0.25, 0.3) is 10.9 Å². The number of fused-ring (bicyclic) bond motifs is 1. The van der Waals surface area contributed by atoms with Gasteiger partial charge in [0.05, 0.1) is 5.30 Å². The summed E-state index contributed by atoms with van der Waals surface area (Å²) in [6, 6.07) is 7.62. The van der Waals surface area contributed by atoms with Crippen LogP contribution in [0.1, 0.15) is 6.92 Å². The number of hydrogen-bond donors (Lipinski definition) is 0. The maximum atomic E-state index is 11.9. The largest absolute Gasteiger partial charge is 0.804 e. The maximum absolute atomic E-state index is 11.9. The molecular weight excluding hydrogens is 223 g/mol. The average Bonchev–Trinajstić information content (AvgIpc) is 2.28. The molecule has 5 heteroatoms. The molecular formula is C11H13N2O2P. The Morgan fingerprint density at radius 1 is 1.44 bits per heavy atom. The van der Waals surface area contributed by atoms with Crippen molar-refractivity contribution in [3.63, 3.8) is 0 Å². The molecule has 0 aliphatic carbocycles. The van der Waals surface area contributed by atoms with E-state index in [0.717, 1.165) is 10.9 Å². The first-order chi connectivity index (χ1) is 7.72. The quantitative estimate of drug-likeness (QED) is 0.572. The van der Waals surface area contributed by atoms with Gasteiger partial charge >= 0.3 is 0 Å². The van der Waals surface area contributed by atoms with Crippen molar-refractivity contribution >= 4 is 24.6 Å². The normalized spacial score (nSPS) is 12.9. The van der Waals surface area contributed by atoms with Crippen LogP contribution in [-0.2, 0) is 11.6 Å². The minimum Gasteiger partial charge on any atom is -0.804 e. The molecule has 0 saturated carbocycles. The number of nitrogens with zero attached hydrogens (tertiary/aromatic N) is 2. The Morgan fingerprint density at radius 3 is 2.94 bits per heavy atom. The molecule has 0 N–H and O–H groups in total. The minimum absolute atomic E-state index is 0.440. The fraction of sp³-hybridized carbons (Fsp3) is 0.273. The van der Waals surface area contributed by atoms with Crippen LogP contribution in [0, 0.1) is 0 Å². The Hall–Kier alpha value is -1.09. The SMILES string of the molecule is CCOP([O-])c1c[n+](C)nc2ccccc12. The zero-order valence-electron chi connectivity index (χ0n) is 9.25. The highest BCUT2D eigenvalue weighted by atomic mass is 31.2. The van der Waals surface area contributed by atoms with Gasteiger partial charge in [0, 0.05) is 12.0 Å². The zero-order chi connectivity index (χ0) is 11.5. The zero-order valence-corrected chi connectivity index (χ0v) is 10.1. The van der Waals surface area contributed by atoms with Crippen molar-refractivity contribution in [2.24, 2.45) is 7.05 Å². The van der Waals surface area contributed by atoms with Gasteiger partial charge in [0.1, 0.15) is 5.52 Å². The van der Waals surface area contributed by atoms with E-state index in [-0.39, 0.29) is 0 Å². The van der Waals surface area contributed by atoms with E-state index in [0.29, 0.717) is 11.9 Å². The van der Waals surface area contributed by atoms with Gasteiger partial charge in [0.15, 0.2) is 7.05 Å². The molecule has 1 aromatic carbocycles. The summed E-state index contributed by atoms with van der Waals surface area (Å²) in [5.74, 6) is 0. The lowest BCUT2D eigenvalue weighted by Crippen LogP contribution is -2.37. The summed E-state index contributed by atoms with van der Waals surface area (Å²) in [6.07, 6.45) is 1.75. The summed E-state index contributed by atoms with van der Waals surface area (Å²) in [4.78, 5) is 11.9. The van der Waals surface area contributed by atoms with E-state index in [2.05, 4.69) is 5.10 Å². The molecule has 0 radical (unpaired) electrons. The number of benzene rings is 1. The van der Waals surface area contributed by atoms with Crippen molar-refractivity contribution in [3.8, 4) is 0 Å². The van der Waals surface area contributed by atoms with Crippen molar-refractivity contribution < 1.29 is 14.1 Å². The highest BCUT2D eigenvalue weighted by Gasteiger charge is 2.11. The van der Waals surface area contributed by atoms with Crippen LogP contribution in [0.5, 0.6) is 0 Å². The third kappa shape index (κ3) is 2.19. The molecule has 2 aromatic rings. The fourth-order valence-corrected chi connectivity index (χ4v) is 2.58. The first-order valence-corrected chi connectivity index (χ1v) is 6.26. The second-order valence-corrected chi connectivity index (χ2v) is 4.63. The Labute approximate surface area is 95.4 Å². The van der Waals surface area contributed by atoms with Crippen molar-refractivity contribution in [2.75, 3.05) is 6.61 Å². The van der Waals surface area contributed by atoms with Gasteiger partial charge in [0.25, 0.3) is 0 Å². The molecule has 4 nitrogen and oxygen atoms in total. The van der Waals surface area contributed by atoms with E-state index < -0.39 is 8.38 Å². The molecule has 0 amide bonds. The number of aryl methyl sites for hydroxylation is 1. The lowest BCUT2D eigenvalue weighted by Gasteiger charge is -2.21. The third-order valence-electron chi connectivity index (χ3n) is 2.20. The molecule has 1 heterocycles. The van der Waals surface area contributed by atoms with E-state index in [1.165, 1.54) is 0 Å². The van der Waals surface area contributed by atoms with Crippen molar-refractivity contribution in [2.45, 2.75) is 6.92 Å². The summed E-state index contributed by atoms with van der Waals surface area (Å²) >= 11 is 0. The topological polar surface area (TPSA) is 49.1 Å². The summed E-state index contributed by atoms with van der Waals surface area (Å²) in [5.41, 5.74) is 0.825. The Kier molecular flexibility index (Phi) is 3.44. The van der Waals surface area contributed by atoms with Gasteiger partial charge in [0.2, 0.25) is 6.20 Å². The van der Waals surface area contributed by atoms with Gasteiger partial charge < -0.3 is 9.42 Å². The van der Waals surface area contributed by atoms with E-state index in [4.69, 9.17) is 4.52 Å². The molecule has 2 rings (SSSR count). The van der Waals surface area contributed by atoms with Crippen LogP contribution in [0.3, 0.4) is 0 Å². The summed E-state index contributed by atoms with van der Waals surface area (Å²) in [5, 5.41) is 5.89. The molecule has 16 heavy (non-hydrogen) atoms. The average molecular weight is 236 g/mol. The van der Waals surface area contributed by atoms with Crippen LogP contribution >= 0.6 is 8.38 Å². The van der Waals surface area contributed by atoms with Gasteiger partial charge in [-0.1, -0.05) is 22.9 Å². The van der Waals surface area contributed by atoms with E-state index in [9.17, 15) is 4.89 Å². The molecule has 0 aliphatic heterocycles. The summed E-state index contributed by atoms with van der Waals surface area (Å²) in [6.45, 7) is 2.27. The Balaban J connectivity index is 2.58. The fourth-order valence-electron chi connectivity index (χ4n) is 1.56. The number of aromatic nitrogens is 2. The molecule has 1 aromatic heterocycles. The van der Waals surface area contributed by atoms with Crippen LogP contribution in [0.4, 0.5) is 0 Å². The monoisotopic (exact) mass is 236 g/mol. The highest BCUT2D eigenvalue weighted by molar-refractivity contribution is 7.54.